The molecule has 0 aromatic heterocycles. The zero-order valence-electron chi connectivity index (χ0n) is 14.3. The normalized spacial score (nSPS) is 17.0. The van der Waals surface area contributed by atoms with Crippen molar-refractivity contribution in [2.75, 3.05) is 53.1 Å². The van der Waals surface area contributed by atoms with E-state index in [2.05, 4.69) is 0 Å². The summed E-state index contributed by atoms with van der Waals surface area (Å²) in [6.45, 7) is 3.24. The predicted octanol–water partition coefficient (Wildman–Crippen LogP) is 0.992. The Morgan fingerprint density at radius 2 is 1.59 bits per heavy atom. The third kappa shape index (κ3) is 7.56. The lowest BCUT2D eigenvalue weighted by Crippen LogP contribution is -2.38. The number of amides is 1. The summed E-state index contributed by atoms with van der Waals surface area (Å²) in [4.78, 5) is 16.2. The summed E-state index contributed by atoms with van der Waals surface area (Å²) in [6, 6.07) is 0. The molecule has 1 heterocycles. The van der Waals surface area contributed by atoms with Gasteiger partial charge in [-0.25, -0.2) is 12.7 Å². The van der Waals surface area contributed by atoms with Gasteiger partial charge >= 0.3 is 0 Å². The summed E-state index contributed by atoms with van der Waals surface area (Å²) in [7, 11) is 0.679. The van der Waals surface area contributed by atoms with Crippen molar-refractivity contribution in [2.45, 2.75) is 38.5 Å². The fourth-order valence-electron chi connectivity index (χ4n) is 2.71. The highest BCUT2D eigenvalue weighted by Crippen LogP contribution is 2.11. The number of likely N-dealkylation sites (tertiary alicyclic amines) is 1. The van der Waals surface area contributed by atoms with Crippen LogP contribution in [0.1, 0.15) is 38.5 Å². The molecule has 0 radical (unpaired) electrons. The molecule has 7 heteroatoms. The second-order valence-electron chi connectivity index (χ2n) is 6.36. The standard InChI is InChI=1S/C15H31N3O3S/c1-16(2)10-8-13-18(22(3,20)21)14-9-15(19)17-11-6-4-5-7-12-17/h4-14H2,1-3H3. The Bertz CT molecular complexity index is 429. The molecule has 130 valence electrons. The Hall–Kier alpha value is -0.660. The van der Waals surface area contributed by atoms with Crippen LogP contribution in [-0.2, 0) is 14.8 Å². The van der Waals surface area contributed by atoms with Gasteiger partial charge in [-0.15, -0.1) is 0 Å². The highest BCUT2D eigenvalue weighted by atomic mass is 32.2. The van der Waals surface area contributed by atoms with Crippen LogP contribution in [0.15, 0.2) is 0 Å². The van der Waals surface area contributed by atoms with Crippen LogP contribution in [0.3, 0.4) is 0 Å². The van der Waals surface area contributed by atoms with Crippen molar-refractivity contribution >= 4 is 15.9 Å². The summed E-state index contributed by atoms with van der Waals surface area (Å²) in [6.07, 6.45) is 6.77. The van der Waals surface area contributed by atoms with Gasteiger partial charge in [-0.2, -0.15) is 0 Å². The first-order valence-electron chi connectivity index (χ1n) is 8.18. The minimum atomic E-state index is -3.25. The maximum Gasteiger partial charge on any atom is 0.223 e. The van der Waals surface area contributed by atoms with Crippen molar-refractivity contribution in [3.8, 4) is 0 Å². The highest BCUT2D eigenvalue weighted by molar-refractivity contribution is 7.88. The van der Waals surface area contributed by atoms with E-state index in [9.17, 15) is 13.2 Å². The predicted molar refractivity (Wildman–Crippen MR) is 89.3 cm³/mol. The lowest BCUT2D eigenvalue weighted by molar-refractivity contribution is -0.131. The minimum absolute atomic E-state index is 0.0863. The fraction of sp³-hybridized carbons (Fsp3) is 0.933. The molecule has 6 nitrogen and oxygen atoms in total. The van der Waals surface area contributed by atoms with Crippen LogP contribution >= 0.6 is 0 Å². The Morgan fingerprint density at radius 3 is 2.09 bits per heavy atom. The summed E-state index contributed by atoms with van der Waals surface area (Å²) >= 11 is 0. The van der Waals surface area contributed by atoms with Gasteiger partial charge in [0.1, 0.15) is 0 Å². The maximum atomic E-state index is 12.3. The second-order valence-corrected chi connectivity index (χ2v) is 8.35. The van der Waals surface area contributed by atoms with Gasteiger partial charge in [-0.3, -0.25) is 4.79 Å². The van der Waals surface area contributed by atoms with Gasteiger partial charge in [-0.05, 0) is 39.9 Å². The molecule has 1 saturated heterocycles. The van der Waals surface area contributed by atoms with E-state index in [1.807, 2.05) is 23.9 Å². The molecule has 1 aliphatic heterocycles. The molecule has 0 aromatic rings. The lowest BCUT2D eigenvalue weighted by atomic mass is 10.2. The van der Waals surface area contributed by atoms with Crippen LogP contribution < -0.4 is 0 Å². The molecule has 0 N–H and O–H groups in total. The molecule has 0 aliphatic carbocycles. The summed E-state index contributed by atoms with van der Waals surface area (Å²) in [5, 5.41) is 0. The largest absolute Gasteiger partial charge is 0.343 e. The molecular formula is C15H31N3O3S. The van der Waals surface area contributed by atoms with Crippen molar-refractivity contribution in [1.29, 1.82) is 0 Å². The summed E-state index contributed by atoms with van der Waals surface area (Å²) in [5.41, 5.74) is 0. The third-order valence-corrected chi connectivity index (χ3v) is 5.32. The maximum absolute atomic E-state index is 12.3. The Labute approximate surface area is 135 Å². The van der Waals surface area contributed by atoms with Gasteiger partial charge in [0.05, 0.1) is 6.26 Å². The van der Waals surface area contributed by atoms with E-state index in [4.69, 9.17) is 0 Å². The molecule has 1 aliphatic rings. The first-order valence-corrected chi connectivity index (χ1v) is 10.0. The van der Waals surface area contributed by atoms with Crippen LogP contribution in [0.5, 0.6) is 0 Å². The zero-order chi connectivity index (χ0) is 16.6. The van der Waals surface area contributed by atoms with E-state index < -0.39 is 10.0 Å². The number of rotatable bonds is 8. The molecule has 0 saturated carbocycles. The van der Waals surface area contributed by atoms with Crippen LogP contribution in [0, 0.1) is 0 Å². The van der Waals surface area contributed by atoms with Gasteiger partial charge in [0.15, 0.2) is 0 Å². The lowest BCUT2D eigenvalue weighted by Gasteiger charge is -2.24. The van der Waals surface area contributed by atoms with Crippen LogP contribution in [0.25, 0.3) is 0 Å². The smallest absolute Gasteiger partial charge is 0.223 e. The Balaban J connectivity index is 2.46. The van der Waals surface area contributed by atoms with Crippen molar-refractivity contribution in [3.63, 3.8) is 0 Å². The molecule has 0 spiro atoms. The fourth-order valence-corrected chi connectivity index (χ4v) is 3.59. The van der Waals surface area contributed by atoms with Crippen LogP contribution in [-0.4, -0.2) is 81.5 Å². The molecular weight excluding hydrogens is 302 g/mol. The van der Waals surface area contributed by atoms with Gasteiger partial charge in [0, 0.05) is 32.6 Å². The third-order valence-electron chi connectivity index (χ3n) is 4.02. The Kier molecular flexibility index (Phi) is 8.35. The van der Waals surface area contributed by atoms with Crippen molar-refractivity contribution in [3.05, 3.63) is 0 Å². The van der Waals surface area contributed by atoms with Crippen LogP contribution in [0.2, 0.25) is 0 Å². The number of carbonyl (C=O) groups excluding carboxylic acids is 1. The summed E-state index contributed by atoms with van der Waals surface area (Å²) < 4.78 is 25.1. The molecule has 0 aromatic carbocycles. The van der Waals surface area contributed by atoms with E-state index in [0.717, 1.165) is 38.9 Å². The second kappa shape index (κ2) is 9.47. The first-order chi connectivity index (χ1) is 10.3. The van der Waals surface area contributed by atoms with Gasteiger partial charge < -0.3 is 9.80 Å². The van der Waals surface area contributed by atoms with Gasteiger partial charge in [-0.1, -0.05) is 12.8 Å². The highest BCUT2D eigenvalue weighted by Gasteiger charge is 2.20. The van der Waals surface area contributed by atoms with E-state index in [1.165, 1.54) is 23.4 Å². The van der Waals surface area contributed by atoms with Crippen molar-refractivity contribution in [2.24, 2.45) is 0 Å². The molecule has 0 atom stereocenters. The van der Waals surface area contributed by atoms with E-state index in [0.29, 0.717) is 13.1 Å². The first kappa shape index (κ1) is 19.4. The average molecular weight is 333 g/mol. The topological polar surface area (TPSA) is 60.9 Å². The molecule has 0 bridgehead atoms. The van der Waals surface area contributed by atoms with E-state index >= 15 is 0 Å². The van der Waals surface area contributed by atoms with Gasteiger partial charge in [0.25, 0.3) is 0 Å². The van der Waals surface area contributed by atoms with E-state index in [1.54, 1.807) is 0 Å². The number of hydrogen-bond donors (Lipinski definition) is 0. The zero-order valence-corrected chi connectivity index (χ0v) is 15.1. The van der Waals surface area contributed by atoms with Crippen molar-refractivity contribution < 1.29 is 13.2 Å². The Morgan fingerprint density at radius 1 is 1.00 bits per heavy atom. The quantitative estimate of drug-likeness (QED) is 0.665. The summed E-state index contributed by atoms with van der Waals surface area (Å²) in [5.74, 6) is 0.0863. The number of carbonyl (C=O) groups is 1. The molecule has 1 rings (SSSR count). The van der Waals surface area contributed by atoms with Crippen molar-refractivity contribution in [1.82, 2.24) is 14.1 Å². The van der Waals surface area contributed by atoms with Gasteiger partial charge in [0.2, 0.25) is 15.9 Å². The molecule has 1 amide bonds. The van der Waals surface area contributed by atoms with Crippen LogP contribution in [0.4, 0.5) is 0 Å². The molecule has 22 heavy (non-hydrogen) atoms. The minimum Gasteiger partial charge on any atom is -0.343 e. The average Bonchev–Trinajstić information content (AvgIpc) is 2.69. The number of nitrogens with zero attached hydrogens (tertiary/aromatic N) is 3. The molecule has 1 fully saturated rings. The van der Waals surface area contributed by atoms with E-state index in [-0.39, 0.29) is 12.3 Å². The monoisotopic (exact) mass is 333 g/mol. The molecule has 0 unspecified atom stereocenters. The number of sulfonamides is 1. The number of hydrogen-bond acceptors (Lipinski definition) is 4. The SMILES string of the molecule is CN(C)CCCN(CCC(=O)N1CCCCCC1)S(C)(=O)=O.